The Kier molecular flexibility index (Phi) is 2.52. The van der Waals surface area contributed by atoms with Gasteiger partial charge in [-0.05, 0) is 30.7 Å². The van der Waals surface area contributed by atoms with Gasteiger partial charge in [-0.1, -0.05) is 24.3 Å². The van der Waals surface area contributed by atoms with Crippen molar-refractivity contribution in [3.05, 3.63) is 48.0 Å². The summed E-state index contributed by atoms with van der Waals surface area (Å²) in [6, 6.07) is 14.3. The second-order valence-corrected chi connectivity index (χ2v) is 4.35. The van der Waals surface area contributed by atoms with Crippen molar-refractivity contribution in [3.63, 3.8) is 0 Å². The Morgan fingerprint density at radius 3 is 2.67 bits per heavy atom. The number of aromatic nitrogens is 2. The fourth-order valence-corrected chi connectivity index (χ4v) is 2.21. The molecule has 0 saturated heterocycles. The largest absolute Gasteiger partial charge is 0.388 e. The van der Waals surface area contributed by atoms with Gasteiger partial charge < -0.3 is 10.3 Å². The van der Waals surface area contributed by atoms with Gasteiger partial charge in [-0.15, -0.1) is 0 Å². The number of benzene rings is 2. The lowest BCUT2D eigenvalue weighted by atomic mass is 10.1. The van der Waals surface area contributed by atoms with E-state index in [0.717, 1.165) is 28.1 Å². The second-order valence-electron chi connectivity index (χ2n) is 4.35. The van der Waals surface area contributed by atoms with Crippen molar-refractivity contribution >= 4 is 16.7 Å². The van der Waals surface area contributed by atoms with Gasteiger partial charge in [-0.2, -0.15) is 0 Å². The van der Waals surface area contributed by atoms with Crippen LogP contribution in [0.15, 0.2) is 42.5 Å². The van der Waals surface area contributed by atoms with Crippen LogP contribution in [-0.2, 0) is 0 Å². The van der Waals surface area contributed by atoms with Crippen molar-refractivity contribution in [2.45, 2.75) is 6.92 Å². The average Bonchev–Trinajstić information content (AvgIpc) is 2.84. The molecule has 2 N–H and O–H groups in total. The maximum absolute atomic E-state index is 4.70. The molecule has 90 valence electrons. The highest BCUT2D eigenvalue weighted by molar-refractivity contribution is 5.84. The number of aryl methyl sites for hydroxylation is 1. The van der Waals surface area contributed by atoms with Crippen molar-refractivity contribution in [2.75, 3.05) is 12.4 Å². The molecule has 0 saturated carbocycles. The van der Waals surface area contributed by atoms with E-state index < -0.39 is 0 Å². The maximum atomic E-state index is 4.70. The van der Waals surface area contributed by atoms with Crippen LogP contribution in [0.5, 0.6) is 0 Å². The summed E-state index contributed by atoms with van der Waals surface area (Å²) < 4.78 is 0. The third-order valence-corrected chi connectivity index (χ3v) is 3.17. The third kappa shape index (κ3) is 1.64. The summed E-state index contributed by atoms with van der Waals surface area (Å²) in [6.45, 7) is 2.08. The minimum absolute atomic E-state index is 0.907. The number of hydrogen-bond donors (Lipinski definition) is 2. The standard InChI is InChI=1S/C15H15N3/c1-10-6-5-9-13-14(10)18-15(17-13)11-7-3-4-8-12(11)16-2/h3-9,16H,1-2H3,(H,17,18). The lowest BCUT2D eigenvalue weighted by Crippen LogP contribution is -1.92. The molecule has 0 fully saturated rings. The minimum atomic E-state index is 0.907. The van der Waals surface area contributed by atoms with Gasteiger partial charge >= 0.3 is 0 Å². The van der Waals surface area contributed by atoms with Gasteiger partial charge in [-0.25, -0.2) is 4.98 Å². The third-order valence-electron chi connectivity index (χ3n) is 3.17. The number of fused-ring (bicyclic) bond motifs is 1. The quantitative estimate of drug-likeness (QED) is 0.715. The summed E-state index contributed by atoms with van der Waals surface area (Å²) in [7, 11) is 1.92. The molecule has 0 atom stereocenters. The molecule has 1 heterocycles. The first kappa shape index (κ1) is 10.8. The molecular weight excluding hydrogens is 222 g/mol. The Morgan fingerprint density at radius 1 is 1.06 bits per heavy atom. The molecule has 0 aliphatic rings. The SMILES string of the molecule is CNc1ccccc1-c1nc2c(C)cccc2[nH]1. The fraction of sp³-hybridized carbons (Fsp3) is 0.133. The Morgan fingerprint density at radius 2 is 1.89 bits per heavy atom. The number of nitrogens with zero attached hydrogens (tertiary/aromatic N) is 1. The molecule has 0 bridgehead atoms. The molecule has 3 nitrogen and oxygen atoms in total. The van der Waals surface area contributed by atoms with Gasteiger partial charge in [0, 0.05) is 18.3 Å². The van der Waals surface area contributed by atoms with Crippen molar-refractivity contribution in [3.8, 4) is 11.4 Å². The number of anilines is 1. The smallest absolute Gasteiger partial charge is 0.140 e. The van der Waals surface area contributed by atoms with Crippen LogP contribution in [0.4, 0.5) is 5.69 Å². The van der Waals surface area contributed by atoms with E-state index in [1.165, 1.54) is 5.56 Å². The lowest BCUT2D eigenvalue weighted by Gasteiger charge is -2.05. The number of hydrogen-bond acceptors (Lipinski definition) is 2. The predicted molar refractivity (Wildman–Crippen MR) is 75.8 cm³/mol. The van der Waals surface area contributed by atoms with Crippen LogP contribution in [-0.4, -0.2) is 17.0 Å². The minimum Gasteiger partial charge on any atom is -0.388 e. The first-order valence-electron chi connectivity index (χ1n) is 6.02. The molecule has 1 aromatic heterocycles. The Hall–Kier alpha value is -2.29. The molecule has 0 unspecified atom stereocenters. The highest BCUT2D eigenvalue weighted by atomic mass is 14.9. The average molecular weight is 237 g/mol. The maximum Gasteiger partial charge on any atom is 0.140 e. The van der Waals surface area contributed by atoms with Crippen LogP contribution in [0.2, 0.25) is 0 Å². The topological polar surface area (TPSA) is 40.7 Å². The van der Waals surface area contributed by atoms with Gasteiger partial charge in [0.2, 0.25) is 0 Å². The number of imidazole rings is 1. The fourth-order valence-electron chi connectivity index (χ4n) is 2.21. The van der Waals surface area contributed by atoms with Gasteiger partial charge in [-0.3, -0.25) is 0 Å². The number of para-hydroxylation sites is 2. The molecule has 18 heavy (non-hydrogen) atoms. The molecule has 3 rings (SSSR count). The summed E-state index contributed by atoms with van der Waals surface area (Å²) in [5, 5.41) is 3.19. The van der Waals surface area contributed by atoms with Crippen LogP contribution in [0.3, 0.4) is 0 Å². The predicted octanol–water partition coefficient (Wildman–Crippen LogP) is 3.58. The van der Waals surface area contributed by atoms with Crippen LogP contribution < -0.4 is 5.32 Å². The van der Waals surface area contributed by atoms with Crippen molar-refractivity contribution < 1.29 is 0 Å². The van der Waals surface area contributed by atoms with E-state index in [4.69, 9.17) is 4.98 Å². The normalized spacial score (nSPS) is 10.8. The van der Waals surface area contributed by atoms with E-state index in [2.05, 4.69) is 41.5 Å². The van der Waals surface area contributed by atoms with Crippen LogP contribution in [0.1, 0.15) is 5.56 Å². The van der Waals surface area contributed by atoms with E-state index in [-0.39, 0.29) is 0 Å². The molecular formula is C15H15N3. The molecule has 0 aliphatic carbocycles. The van der Waals surface area contributed by atoms with E-state index in [1.807, 2.05) is 25.2 Å². The van der Waals surface area contributed by atoms with E-state index >= 15 is 0 Å². The van der Waals surface area contributed by atoms with Gasteiger partial charge in [0.15, 0.2) is 0 Å². The van der Waals surface area contributed by atoms with Crippen molar-refractivity contribution in [2.24, 2.45) is 0 Å². The number of H-pyrrole nitrogens is 1. The monoisotopic (exact) mass is 237 g/mol. The number of nitrogens with one attached hydrogen (secondary N) is 2. The molecule has 3 heteroatoms. The zero-order valence-electron chi connectivity index (χ0n) is 10.5. The molecule has 0 amide bonds. The van der Waals surface area contributed by atoms with E-state index in [9.17, 15) is 0 Å². The van der Waals surface area contributed by atoms with Crippen molar-refractivity contribution in [1.29, 1.82) is 0 Å². The first-order valence-corrected chi connectivity index (χ1v) is 6.02. The highest BCUT2D eigenvalue weighted by Gasteiger charge is 2.09. The van der Waals surface area contributed by atoms with Crippen molar-refractivity contribution in [1.82, 2.24) is 9.97 Å². The zero-order valence-corrected chi connectivity index (χ0v) is 10.5. The Balaban J connectivity index is 2.23. The number of rotatable bonds is 2. The zero-order chi connectivity index (χ0) is 12.5. The lowest BCUT2D eigenvalue weighted by molar-refractivity contribution is 1.32. The van der Waals surface area contributed by atoms with Gasteiger partial charge in [0.05, 0.1) is 11.0 Å². The molecule has 0 aliphatic heterocycles. The molecule has 2 aromatic carbocycles. The highest BCUT2D eigenvalue weighted by Crippen LogP contribution is 2.27. The van der Waals surface area contributed by atoms with Gasteiger partial charge in [0.25, 0.3) is 0 Å². The summed E-state index contributed by atoms with van der Waals surface area (Å²) in [6.07, 6.45) is 0. The summed E-state index contributed by atoms with van der Waals surface area (Å²) in [4.78, 5) is 8.07. The van der Waals surface area contributed by atoms with E-state index in [1.54, 1.807) is 0 Å². The Labute approximate surface area is 106 Å². The van der Waals surface area contributed by atoms with E-state index in [0.29, 0.717) is 0 Å². The van der Waals surface area contributed by atoms with Gasteiger partial charge in [0.1, 0.15) is 5.82 Å². The Bertz CT molecular complexity index is 698. The van der Waals surface area contributed by atoms with Crippen LogP contribution in [0.25, 0.3) is 22.4 Å². The van der Waals surface area contributed by atoms with Crippen LogP contribution >= 0.6 is 0 Å². The molecule has 0 radical (unpaired) electrons. The molecule has 0 spiro atoms. The summed E-state index contributed by atoms with van der Waals surface area (Å²) >= 11 is 0. The number of aromatic amines is 1. The van der Waals surface area contributed by atoms with Crippen LogP contribution in [0, 0.1) is 6.92 Å². The first-order chi connectivity index (χ1) is 8.79. The molecule has 3 aromatic rings. The summed E-state index contributed by atoms with van der Waals surface area (Å²) in [5.41, 5.74) is 5.48. The summed E-state index contributed by atoms with van der Waals surface area (Å²) in [5.74, 6) is 0.907. The second kappa shape index (κ2) is 4.18.